The normalized spacial score (nSPS) is 11.9. The van der Waals surface area contributed by atoms with E-state index in [-0.39, 0.29) is 11.1 Å². The highest BCUT2D eigenvalue weighted by molar-refractivity contribution is 7.15. The molecule has 2 aromatic heterocycles. The highest BCUT2D eigenvalue weighted by atomic mass is 32.1. The molecule has 0 aliphatic rings. The first-order chi connectivity index (χ1) is 14.1. The van der Waals surface area contributed by atoms with Gasteiger partial charge >= 0.3 is 0 Å². The molecule has 6 nitrogen and oxygen atoms in total. The Bertz CT molecular complexity index is 1230. The number of fused-ring (bicyclic) bond motifs is 1. The smallest absolute Gasteiger partial charge is 0.271 e. The van der Waals surface area contributed by atoms with Crippen molar-refractivity contribution in [1.29, 1.82) is 0 Å². The van der Waals surface area contributed by atoms with E-state index in [2.05, 4.69) is 10.3 Å². The van der Waals surface area contributed by atoms with Crippen LogP contribution in [0.3, 0.4) is 0 Å². The molecule has 0 aliphatic heterocycles. The van der Waals surface area contributed by atoms with Crippen LogP contribution in [0.25, 0.3) is 4.96 Å². The molecule has 29 heavy (non-hydrogen) atoms. The predicted octanol–water partition coefficient (Wildman–Crippen LogP) is 3.59. The Balaban J connectivity index is 1.75. The third kappa shape index (κ3) is 3.64. The molecule has 0 radical (unpaired) electrons. The third-order valence-electron chi connectivity index (χ3n) is 4.70. The quantitative estimate of drug-likeness (QED) is 0.551. The van der Waals surface area contributed by atoms with Gasteiger partial charge in [-0.3, -0.25) is 14.0 Å². The van der Waals surface area contributed by atoms with Crippen LogP contribution >= 0.6 is 11.3 Å². The molecular formula is C22H19N3O3S. The van der Waals surface area contributed by atoms with Crippen molar-refractivity contribution in [1.82, 2.24) is 14.7 Å². The molecule has 2 heterocycles. The molecule has 0 fully saturated rings. The SMILES string of the molecule is COc1cccc(C(NC(=O)c2cnc3scc(C)n3c2=O)c2ccccc2)c1. The molecule has 1 unspecified atom stereocenters. The number of benzene rings is 2. The fourth-order valence-corrected chi connectivity index (χ4v) is 4.04. The first kappa shape index (κ1) is 18.9. The minimum atomic E-state index is -0.473. The molecule has 1 atom stereocenters. The maximum Gasteiger partial charge on any atom is 0.271 e. The Hall–Kier alpha value is -3.45. The lowest BCUT2D eigenvalue weighted by atomic mass is 9.98. The summed E-state index contributed by atoms with van der Waals surface area (Å²) in [4.78, 5) is 30.7. The average molecular weight is 405 g/mol. The fourth-order valence-electron chi connectivity index (χ4n) is 3.22. The van der Waals surface area contributed by atoms with Gasteiger partial charge in [-0.25, -0.2) is 4.98 Å². The van der Waals surface area contributed by atoms with Crippen LogP contribution in [0.4, 0.5) is 0 Å². The van der Waals surface area contributed by atoms with Crippen molar-refractivity contribution in [3.8, 4) is 5.75 Å². The van der Waals surface area contributed by atoms with Gasteiger partial charge in [-0.1, -0.05) is 42.5 Å². The number of thiazole rings is 1. The molecule has 4 aromatic rings. The van der Waals surface area contributed by atoms with E-state index < -0.39 is 11.9 Å². The van der Waals surface area contributed by atoms with Crippen LogP contribution in [0.1, 0.15) is 33.2 Å². The Labute approximate surface area is 171 Å². The molecule has 2 aromatic carbocycles. The van der Waals surface area contributed by atoms with Gasteiger partial charge in [-0.15, -0.1) is 11.3 Å². The van der Waals surface area contributed by atoms with Crippen LogP contribution < -0.4 is 15.6 Å². The largest absolute Gasteiger partial charge is 0.497 e. The number of hydrogen-bond acceptors (Lipinski definition) is 5. The average Bonchev–Trinajstić information content (AvgIpc) is 3.14. The maximum atomic E-state index is 13.1. The number of aromatic nitrogens is 2. The van der Waals surface area contributed by atoms with Crippen LogP contribution in [-0.2, 0) is 0 Å². The van der Waals surface area contributed by atoms with Crippen LogP contribution in [0, 0.1) is 6.92 Å². The van der Waals surface area contributed by atoms with Crippen molar-refractivity contribution >= 4 is 22.2 Å². The molecule has 1 N–H and O–H groups in total. The topological polar surface area (TPSA) is 72.7 Å². The van der Waals surface area contributed by atoms with E-state index in [0.29, 0.717) is 10.7 Å². The Kier molecular flexibility index (Phi) is 5.14. The molecule has 4 rings (SSSR count). The molecule has 0 saturated heterocycles. The van der Waals surface area contributed by atoms with Crippen molar-refractivity contribution in [2.45, 2.75) is 13.0 Å². The molecule has 0 spiro atoms. The van der Waals surface area contributed by atoms with Gasteiger partial charge in [-0.2, -0.15) is 0 Å². The zero-order valence-electron chi connectivity index (χ0n) is 16.0. The number of nitrogens with one attached hydrogen (secondary N) is 1. The zero-order chi connectivity index (χ0) is 20.4. The Morgan fingerprint density at radius 2 is 1.90 bits per heavy atom. The van der Waals surface area contributed by atoms with Gasteiger partial charge < -0.3 is 10.1 Å². The van der Waals surface area contributed by atoms with E-state index in [1.54, 1.807) is 7.11 Å². The standard InChI is InChI=1S/C22H19N3O3S/c1-14-13-29-22-23-12-18(21(27)25(14)22)20(26)24-19(15-7-4-3-5-8-15)16-9-6-10-17(11-16)28-2/h3-13,19H,1-2H3,(H,24,26). The summed E-state index contributed by atoms with van der Waals surface area (Å²) in [7, 11) is 1.60. The van der Waals surface area contributed by atoms with Gasteiger partial charge in [0.05, 0.1) is 13.2 Å². The van der Waals surface area contributed by atoms with E-state index in [4.69, 9.17) is 4.74 Å². The van der Waals surface area contributed by atoms with Crippen molar-refractivity contribution in [3.63, 3.8) is 0 Å². The number of nitrogens with zero attached hydrogens (tertiary/aromatic N) is 2. The molecular weight excluding hydrogens is 386 g/mol. The molecule has 0 aliphatic carbocycles. The second-order valence-corrected chi connectivity index (χ2v) is 7.40. The number of methoxy groups -OCH3 is 1. The van der Waals surface area contributed by atoms with E-state index in [1.165, 1.54) is 21.9 Å². The van der Waals surface area contributed by atoms with Gasteiger partial charge in [0.15, 0.2) is 4.96 Å². The number of rotatable bonds is 5. The number of carbonyl (C=O) groups is 1. The minimum absolute atomic E-state index is 0.00725. The third-order valence-corrected chi connectivity index (χ3v) is 5.65. The van der Waals surface area contributed by atoms with E-state index in [0.717, 1.165) is 16.8 Å². The summed E-state index contributed by atoms with van der Waals surface area (Å²) in [5, 5.41) is 4.83. The van der Waals surface area contributed by atoms with Crippen LogP contribution in [-0.4, -0.2) is 22.4 Å². The molecule has 146 valence electrons. The second-order valence-electron chi connectivity index (χ2n) is 6.57. The summed E-state index contributed by atoms with van der Waals surface area (Å²) in [5.41, 5.74) is 2.14. The number of aryl methyl sites for hydroxylation is 1. The van der Waals surface area contributed by atoms with Crippen molar-refractivity contribution in [2.75, 3.05) is 7.11 Å². The molecule has 0 saturated carbocycles. The Morgan fingerprint density at radius 3 is 2.66 bits per heavy atom. The van der Waals surface area contributed by atoms with Crippen LogP contribution in [0.2, 0.25) is 0 Å². The number of ether oxygens (including phenoxy) is 1. The summed E-state index contributed by atoms with van der Waals surface area (Å²) in [5.74, 6) is 0.217. The highest BCUT2D eigenvalue weighted by Gasteiger charge is 2.21. The van der Waals surface area contributed by atoms with Crippen molar-refractivity contribution in [3.05, 3.63) is 98.9 Å². The van der Waals surface area contributed by atoms with Gasteiger partial charge in [0.1, 0.15) is 11.3 Å². The molecule has 7 heteroatoms. The summed E-state index contributed by atoms with van der Waals surface area (Å²) < 4.78 is 6.79. The summed E-state index contributed by atoms with van der Waals surface area (Å²) >= 11 is 1.37. The minimum Gasteiger partial charge on any atom is -0.497 e. The first-order valence-electron chi connectivity index (χ1n) is 9.04. The van der Waals surface area contributed by atoms with Gasteiger partial charge in [0.2, 0.25) is 0 Å². The number of hydrogen-bond donors (Lipinski definition) is 1. The first-order valence-corrected chi connectivity index (χ1v) is 9.92. The fraction of sp³-hybridized carbons (Fsp3) is 0.136. The summed E-state index contributed by atoms with van der Waals surface area (Å²) in [6, 6.07) is 16.7. The lowest BCUT2D eigenvalue weighted by molar-refractivity contribution is 0.0941. The van der Waals surface area contributed by atoms with Gasteiger partial charge in [-0.05, 0) is 30.2 Å². The van der Waals surface area contributed by atoms with E-state index in [1.807, 2.05) is 66.9 Å². The lowest BCUT2D eigenvalue weighted by Gasteiger charge is -2.20. The molecule has 1 amide bonds. The number of carbonyl (C=O) groups excluding carboxylic acids is 1. The van der Waals surface area contributed by atoms with E-state index >= 15 is 0 Å². The van der Waals surface area contributed by atoms with E-state index in [9.17, 15) is 9.59 Å². The molecule has 0 bridgehead atoms. The van der Waals surface area contributed by atoms with Crippen LogP contribution in [0.5, 0.6) is 5.75 Å². The number of amides is 1. The second kappa shape index (κ2) is 7.89. The highest BCUT2D eigenvalue weighted by Crippen LogP contribution is 2.25. The summed E-state index contributed by atoms with van der Waals surface area (Å²) in [6.45, 7) is 1.82. The van der Waals surface area contributed by atoms with Gasteiger partial charge in [0, 0.05) is 17.3 Å². The lowest BCUT2D eigenvalue weighted by Crippen LogP contribution is -2.34. The zero-order valence-corrected chi connectivity index (χ0v) is 16.8. The van der Waals surface area contributed by atoms with Crippen molar-refractivity contribution < 1.29 is 9.53 Å². The Morgan fingerprint density at radius 1 is 1.14 bits per heavy atom. The van der Waals surface area contributed by atoms with Crippen molar-refractivity contribution in [2.24, 2.45) is 0 Å². The van der Waals surface area contributed by atoms with Gasteiger partial charge in [0.25, 0.3) is 11.5 Å². The van der Waals surface area contributed by atoms with Crippen LogP contribution in [0.15, 0.2) is 71.0 Å². The maximum absolute atomic E-state index is 13.1. The predicted molar refractivity (Wildman–Crippen MR) is 113 cm³/mol. The monoisotopic (exact) mass is 405 g/mol. The summed E-state index contributed by atoms with van der Waals surface area (Å²) in [6.07, 6.45) is 1.34.